The number of nitrogens with one attached hydrogen (secondary N) is 2. The Morgan fingerprint density at radius 2 is 1.60 bits per heavy atom. The second-order valence-electron chi connectivity index (χ2n) is 8.07. The number of anilines is 4. The molecular weight excluding hydrogens is 372 g/mol. The van der Waals surface area contributed by atoms with Gasteiger partial charge in [-0.3, -0.25) is 4.90 Å². The van der Waals surface area contributed by atoms with Gasteiger partial charge in [0, 0.05) is 55.9 Å². The fourth-order valence-electron chi connectivity index (χ4n) is 3.56. The third-order valence-corrected chi connectivity index (χ3v) is 5.58. The van der Waals surface area contributed by atoms with E-state index < -0.39 is 0 Å². The van der Waals surface area contributed by atoms with E-state index in [1.54, 1.807) is 0 Å². The smallest absolute Gasteiger partial charge is 0.229 e. The van der Waals surface area contributed by atoms with Gasteiger partial charge in [0.2, 0.25) is 5.95 Å². The third-order valence-electron chi connectivity index (χ3n) is 5.58. The number of aromatic nitrogens is 2. The molecule has 0 radical (unpaired) electrons. The Bertz CT molecular complexity index is 977. The predicted molar refractivity (Wildman–Crippen MR) is 124 cm³/mol. The third kappa shape index (κ3) is 5.14. The lowest BCUT2D eigenvalue weighted by Gasteiger charge is -2.32. The highest BCUT2D eigenvalue weighted by atomic mass is 15.2. The SMILES string of the molecule is Cc1ccccc1Nc1nc(Nc2ccc(CN3CCN(C)CC3)cc2)ncc1C. The molecule has 0 aliphatic carbocycles. The fraction of sp³-hybridized carbons (Fsp3) is 0.333. The van der Waals surface area contributed by atoms with Crippen LogP contribution in [-0.2, 0) is 6.54 Å². The zero-order chi connectivity index (χ0) is 20.9. The van der Waals surface area contributed by atoms with E-state index in [2.05, 4.69) is 80.8 Å². The van der Waals surface area contributed by atoms with Crippen LogP contribution in [-0.4, -0.2) is 53.0 Å². The van der Waals surface area contributed by atoms with Crippen LogP contribution in [0.5, 0.6) is 0 Å². The van der Waals surface area contributed by atoms with E-state index in [-0.39, 0.29) is 0 Å². The molecule has 1 saturated heterocycles. The zero-order valence-electron chi connectivity index (χ0n) is 18.0. The van der Waals surface area contributed by atoms with Gasteiger partial charge in [-0.15, -0.1) is 0 Å². The highest BCUT2D eigenvalue weighted by Crippen LogP contribution is 2.23. The van der Waals surface area contributed by atoms with Crippen molar-refractivity contribution in [1.29, 1.82) is 0 Å². The summed E-state index contributed by atoms with van der Waals surface area (Å²) in [5, 5.41) is 6.75. The summed E-state index contributed by atoms with van der Waals surface area (Å²) in [5.74, 6) is 1.40. The van der Waals surface area contributed by atoms with E-state index in [4.69, 9.17) is 0 Å². The first-order chi connectivity index (χ1) is 14.6. The highest BCUT2D eigenvalue weighted by Gasteiger charge is 2.13. The van der Waals surface area contributed by atoms with Crippen molar-refractivity contribution < 1.29 is 0 Å². The van der Waals surface area contributed by atoms with Crippen LogP contribution in [0.15, 0.2) is 54.7 Å². The first kappa shape index (κ1) is 20.3. The monoisotopic (exact) mass is 402 g/mol. The van der Waals surface area contributed by atoms with Crippen LogP contribution < -0.4 is 10.6 Å². The molecule has 3 aromatic rings. The average molecular weight is 403 g/mol. The summed E-state index contributed by atoms with van der Waals surface area (Å²) >= 11 is 0. The van der Waals surface area contributed by atoms with E-state index in [0.29, 0.717) is 5.95 Å². The number of likely N-dealkylation sites (N-methyl/N-ethyl adjacent to an activating group) is 1. The largest absolute Gasteiger partial charge is 0.340 e. The van der Waals surface area contributed by atoms with Gasteiger partial charge in [-0.05, 0) is 50.2 Å². The van der Waals surface area contributed by atoms with Gasteiger partial charge >= 0.3 is 0 Å². The van der Waals surface area contributed by atoms with Crippen molar-refractivity contribution in [2.75, 3.05) is 43.9 Å². The van der Waals surface area contributed by atoms with Crippen LogP contribution in [0.2, 0.25) is 0 Å². The summed E-state index contributed by atoms with van der Waals surface area (Å²) in [6.07, 6.45) is 1.84. The molecule has 1 aliphatic rings. The lowest BCUT2D eigenvalue weighted by molar-refractivity contribution is 0.148. The molecule has 0 atom stereocenters. The lowest BCUT2D eigenvalue weighted by atomic mass is 10.2. The molecule has 0 unspecified atom stereocenters. The fourth-order valence-corrected chi connectivity index (χ4v) is 3.56. The summed E-state index contributed by atoms with van der Waals surface area (Å²) in [6, 6.07) is 16.8. The highest BCUT2D eigenvalue weighted by molar-refractivity contribution is 5.64. The number of piperazine rings is 1. The van der Waals surface area contributed by atoms with Crippen molar-refractivity contribution in [3.05, 3.63) is 71.4 Å². The minimum absolute atomic E-state index is 0.587. The van der Waals surface area contributed by atoms with Gasteiger partial charge < -0.3 is 15.5 Å². The molecule has 2 N–H and O–H groups in total. The van der Waals surface area contributed by atoms with Gasteiger partial charge in [-0.25, -0.2) is 4.98 Å². The van der Waals surface area contributed by atoms with E-state index in [9.17, 15) is 0 Å². The van der Waals surface area contributed by atoms with E-state index in [1.165, 1.54) is 11.1 Å². The first-order valence-electron chi connectivity index (χ1n) is 10.5. The van der Waals surface area contributed by atoms with Gasteiger partial charge in [0.15, 0.2) is 0 Å². The minimum atomic E-state index is 0.587. The Balaban J connectivity index is 1.41. The summed E-state index contributed by atoms with van der Waals surface area (Å²) in [6.45, 7) is 9.64. The number of nitrogens with zero attached hydrogens (tertiary/aromatic N) is 4. The van der Waals surface area contributed by atoms with Crippen LogP contribution in [0, 0.1) is 13.8 Å². The summed E-state index contributed by atoms with van der Waals surface area (Å²) in [4.78, 5) is 14.0. The van der Waals surface area contributed by atoms with Gasteiger partial charge in [0.25, 0.3) is 0 Å². The molecule has 4 rings (SSSR count). The molecule has 30 heavy (non-hydrogen) atoms. The van der Waals surface area contributed by atoms with Crippen molar-refractivity contribution >= 4 is 23.1 Å². The quantitative estimate of drug-likeness (QED) is 0.640. The maximum absolute atomic E-state index is 4.68. The number of hydrogen-bond acceptors (Lipinski definition) is 6. The molecule has 1 fully saturated rings. The number of aryl methyl sites for hydroxylation is 2. The molecule has 6 nitrogen and oxygen atoms in total. The molecule has 156 valence electrons. The van der Waals surface area contributed by atoms with Gasteiger partial charge in [0.1, 0.15) is 5.82 Å². The van der Waals surface area contributed by atoms with Gasteiger partial charge in [-0.1, -0.05) is 30.3 Å². The molecule has 0 saturated carbocycles. The number of rotatable bonds is 6. The zero-order valence-corrected chi connectivity index (χ0v) is 18.0. The van der Waals surface area contributed by atoms with Crippen LogP contribution in [0.3, 0.4) is 0 Å². The molecule has 0 amide bonds. The standard InChI is InChI=1S/C24H30N6/c1-18-6-4-5-7-22(18)27-23-19(2)16-25-24(28-23)26-21-10-8-20(9-11-21)17-30-14-12-29(3)13-15-30/h4-11,16H,12-15,17H2,1-3H3,(H2,25,26,27,28). The van der Waals surface area contributed by atoms with Gasteiger partial charge in [-0.2, -0.15) is 4.98 Å². The van der Waals surface area contributed by atoms with E-state index >= 15 is 0 Å². The van der Waals surface area contributed by atoms with Crippen molar-refractivity contribution in [2.24, 2.45) is 0 Å². The molecule has 0 spiro atoms. The Morgan fingerprint density at radius 1 is 0.867 bits per heavy atom. The lowest BCUT2D eigenvalue weighted by Crippen LogP contribution is -2.43. The van der Waals surface area contributed by atoms with Crippen molar-refractivity contribution in [3.8, 4) is 0 Å². The molecular formula is C24H30N6. The van der Waals surface area contributed by atoms with Crippen LogP contribution in [0.4, 0.5) is 23.1 Å². The number of hydrogen-bond donors (Lipinski definition) is 2. The van der Waals surface area contributed by atoms with Crippen LogP contribution in [0.25, 0.3) is 0 Å². The van der Waals surface area contributed by atoms with Gasteiger partial charge in [0.05, 0.1) is 0 Å². The van der Waals surface area contributed by atoms with Crippen molar-refractivity contribution in [2.45, 2.75) is 20.4 Å². The van der Waals surface area contributed by atoms with E-state index in [1.807, 2.05) is 25.3 Å². The second kappa shape index (κ2) is 9.24. The molecule has 1 aromatic heterocycles. The first-order valence-corrected chi connectivity index (χ1v) is 10.5. The topological polar surface area (TPSA) is 56.3 Å². The molecule has 2 heterocycles. The van der Waals surface area contributed by atoms with Crippen molar-refractivity contribution in [3.63, 3.8) is 0 Å². The van der Waals surface area contributed by atoms with E-state index in [0.717, 1.165) is 55.5 Å². The Labute approximate surface area is 179 Å². The summed E-state index contributed by atoms with van der Waals surface area (Å²) < 4.78 is 0. The predicted octanol–water partition coefficient (Wildman–Crippen LogP) is 4.33. The Morgan fingerprint density at radius 3 is 2.33 bits per heavy atom. The second-order valence-corrected chi connectivity index (χ2v) is 8.07. The molecule has 2 aromatic carbocycles. The van der Waals surface area contributed by atoms with Crippen molar-refractivity contribution in [1.82, 2.24) is 19.8 Å². The maximum atomic E-state index is 4.68. The molecule has 6 heteroatoms. The number of para-hydroxylation sites is 1. The summed E-state index contributed by atoms with van der Waals surface area (Å²) in [7, 11) is 2.19. The normalized spacial score (nSPS) is 15.2. The Kier molecular flexibility index (Phi) is 6.26. The van der Waals surface area contributed by atoms with Crippen LogP contribution in [0.1, 0.15) is 16.7 Å². The molecule has 0 bridgehead atoms. The average Bonchev–Trinajstić information content (AvgIpc) is 2.75. The maximum Gasteiger partial charge on any atom is 0.229 e. The van der Waals surface area contributed by atoms with Crippen LogP contribution >= 0.6 is 0 Å². The Hall–Kier alpha value is -2.96. The molecule has 1 aliphatic heterocycles. The minimum Gasteiger partial charge on any atom is -0.340 e. The summed E-state index contributed by atoms with van der Waals surface area (Å²) in [5.41, 5.74) is 5.56. The number of benzene rings is 2.